The van der Waals surface area contributed by atoms with E-state index in [0.717, 1.165) is 51.4 Å². The number of aliphatic hydroxyl groups excluding tert-OH is 11. The van der Waals surface area contributed by atoms with Crippen LogP contribution in [0, 0.1) is 0 Å². The fraction of sp³-hybridized carbons (Fsp3) is 0.936. The van der Waals surface area contributed by atoms with Crippen molar-refractivity contribution in [3.8, 4) is 0 Å². The van der Waals surface area contributed by atoms with E-state index < -0.39 is 124 Å². The van der Waals surface area contributed by atoms with Crippen LogP contribution in [0.2, 0.25) is 0 Å². The molecule has 19 heteroatoms. The standard InChI is InChI=1S/C47H87NO18/c1-3-5-7-9-11-12-13-14-15-16-17-18-19-21-23-25-35(53)48-30(31(52)24-22-20-10-8-6-4-2)29-61-45-41(59)38(56)43(33(27-50)63-45)66-47-42(60)39(57)44(34(28-51)64-47)65-46-40(58)37(55)36(54)32(26-49)62-46/h22,24,30-34,36-47,49-52,54-60H,3-21,23,25-29H2,1-2H3,(H,48,53)/b24-22+. The first-order valence-electron chi connectivity index (χ1n) is 24.9. The molecule has 3 saturated heterocycles. The van der Waals surface area contributed by atoms with Gasteiger partial charge in [-0.25, -0.2) is 0 Å². The average Bonchev–Trinajstić information content (AvgIpc) is 3.31. The zero-order chi connectivity index (χ0) is 48.4. The molecule has 388 valence electrons. The van der Waals surface area contributed by atoms with Gasteiger partial charge in [0.25, 0.3) is 0 Å². The van der Waals surface area contributed by atoms with Crippen molar-refractivity contribution in [1.29, 1.82) is 0 Å². The molecular weight excluding hydrogens is 867 g/mol. The Bertz CT molecular complexity index is 1280. The van der Waals surface area contributed by atoms with E-state index in [-0.39, 0.29) is 18.9 Å². The van der Waals surface area contributed by atoms with Crippen LogP contribution in [0.25, 0.3) is 0 Å². The lowest BCUT2D eigenvalue weighted by molar-refractivity contribution is -0.379. The second-order valence-corrected chi connectivity index (χ2v) is 18.3. The SMILES string of the molecule is CCCCCC/C=C/C(O)C(COC1OC(CO)C(OC2OC(CO)C(OC3OC(CO)C(O)C(O)C3O)C(O)C2O)C(O)C1O)NC(=O)CCCCCCCCCCCCCCCCC. The smallest absolute Gasteiger partial charge is 0.220 e. The average molecular weight is 954 g/mol. The first-order valence-corrected chi connectivity index (χ1v) is 24.9. The fourth-order valence-corrected chi connectivity index (χ4v) is 8.60. The maximum atomic E-state index is 13.1. The topological polar surface area (TPSA) is 307 Å². The highest BCUT2D eigenvalue weighted by atomic mass is 16.8. The highest BCUT2D eigenvalue weighted by molar-refractivity contribution is 5.76. The Kier molecular flexibility index (Phi) is 29.6. The Morgan fingerprint density at radius 3 is 1.42 bits per heavy atom. The van der Waals surface area contributed by atoms with E-state index >= 15 is 0 Å². The molecule has 0 bridgehead atoms. The molecule has 3 aliphatic rings. The summed E-state index contributed by atoms with van der Waals surface area (Å²) in [5, 5.41) is 119. The van der Waals surface area contributed by atoms with Gasteiger partial charge in [0, 0.05) is 6.42 Å². The van der Waals surface area contributed by atoms with Gasteiger partial charge in [-0.2, -0.15) is 0 Å². The van der Waals surface area contributed by atoms with Crippen LogP contribution in [0.3, 0.4) is 0 Å². The lowest BCUT2D eigenvalue weighted by Crippen LogP contribution is -2.66. The molecule has 19 nitrogen and oxygen atoms in total. The van der Waals surface area contributed by atoms with Crippen molar-refractivity contribution in [3.05, 3.63) is 12.2 Å². The molecule has 3 fully saturated rings. The van der Waals surface area contributed by atoms with E-state index in [1.807, 2.05) is 6.08 Å². The monoisotopic (exact) mass is 954 g/mol. The van der Waals surface area contributed by atoms with E-state index in [1.54, 1.807) is 6.08 Å². The first-order chi connectivity index (χ1) is 31.8. The zero-order valence-corrected chi connectivity index (χ0v) is 39.4. The summed E-state index contributed by atoms with van der Waals surface area (Å²) in [4.78, 5) is 13.1. The van der Waals surface area contributed by atoms with E-state index in [9.17, 15) is 61.0 Å². The molecule has 12 N–H and O–H groups in total. The second kappa shape index (κ2) is 33.2. The maximum Gasteiger partial charge on any atom is 0.220 e. The van der Waals surface area contributed by atoms with Crippen molar-refractivity contribution in [1.82, 2.24) is 5.32 Å². The molecule has 3 aliphatic heterocycles. The van der Waals surface area contributed by atoms with Crippen molar-refractivity contribution in [3.63, 3.8) is 0 Å². The summed E-state index contributed by atoms with van der Waals surface area (Å²) in [7, 11) is 0. The minimum atomic E-state index is -1.97. The fourth-order valence-electron chi connectivity index (χ4n) is 8.60. The zero-order valence-electron chi connectivity index (χ0n) is 39.4. The summed E-state index contributed by atoms with van der Waals surface area (Å²) in [6.07, 6.45) is -0.164. The van der Waals surface area contributed by atoms with Gasteiger partial charge in [0.1, 0.15) is 73.2 Å². The molecular formula is C47H87NO18. The third-order valence-electron chi connectivity index (χ3n) is 12.8. The number of amides is 1. The highest BCUT2D eigenvalue weighted by Crippen LogP contribution is 2.33. The molecule has 1 amide bonds. The number of ether oxygens (including phenoxy) is 6. The molecule has 0 aromatic carbocycles. The predicted molar refractivity (Wildman–Crippen MR) is 240 cm³/mol. The van der Waals surface area contributed by atoms with Crippen LogP contribution >= 0.6 is 0 Å². The molecule has 0 aromatic rings. The van der Waals surface area contributed by atoms with Crippen LogP contribution in [-0.4, -0.2) is 193 Å². The predicted octanol–water partition coefficient (Wildman–Crippen LogP) is 1.09. The summed E-state index contributed by atoms with van der Waals surface area (Å²) >= 11 is 0. The van der Waals surface area contributed by atoms with Gasteiger partial charge in [0.2, 0.25) is 5.91 Å². The van der Waals surface area contributed by atoms with Gasteiger partial charge in [0.05, 0.1) is 38.6 Å². The normalized spacial score (nSPS) is 33.9. The molecule has 3 rings (SSSR count). The van der Waals surface area contributed by atoms with Crippen LogP contribution in [0.15, 0.2) is 12.2 Å². The Labute approximate surface area is 391 Å². The van der Waals surface area contributed by atoms with Gasteiger partial charge in [0.15, 0.2) is 18.9 Å². The van der Waals surface area contributed by atoms with E-state index in [1.165, 1.54) is 70.6 Å². The van der Waals surface area contributed by atoms with Gasteiger partial charge in [-0.1, -0.05) is 135 Å². The van der Waals surface area contributed by atoms with Gasteiger partial charge >= 0.3 is 0 Å². The number of carbonyl (C=O) groups is 1. The Morgan fingerprint density at radius 1 is 0.530 bits per heavy atom. The second-order valence-electron chi connectivity index (χ2n) is 18.3. The number of allylic oxidation sites excluding steroid dienone is 1. The Balaban J connectivity index is 1.53. The molecule has 0 aliphatic carbocycles. The number of unbranched alkanes of at least 4 members (excludes halogenated alkanes) is 18. The summed E-state index contributed by atoms with van der Waals surface area (Å²) in [6.45, 7) is 1.59. The van der Waals surface area contributed by atoms with Crippen LogP contribution < -0.4 is 5.32 Å². The summed E-state index contributed by atoms with van der Waals surface area (Å²) in [6, 6.07) is -0.962. The molecule has 0 saturated carbocycles. The first kappa shape index (κ1) is 58.8. The largest absolute Gasteiger partial charge is 0.394 e. The van der Waals surface area contributed by atoms with Gasteiger partial charge < -0.3 is 89.9 Å². The molecule has 3 heterocycles. The molecule has 0 spiro atoms. The molecule has 17 atom stereocenters. The number of carbonyl (C=O) groups excluding carboxylic acids is 1. The van der Waals surface area contributed by atoms with E-state index in [0.29, 0.717) is 6.42 Å². The Hall–Kier alpha value is -1.47. The number of nitrogens with one attached hydrogen (secondary N) is 1. The van der Waals surface area contributed by atoms with Gasteiger partial charge in [-0.05, 0) is 19.3 Å². The van der Waals surface area contributed by atoms with Crippen LogP contribution in [0.4, 0.5) is 0 Å². The lowest BCUT2D eigenvalue weighted by Gasteiger charge is -2.48. The minimum Gasteiger partial charge on any atom is -0.394 e. The third kappa shape index (κ3) is 19.4. The molecule has 66 heavy (non-hydrogen) atoms. The van der Waals surface area contributed by atoms with Crippen molar-refractivity contribution < 1.29 is 89.4 Å². The quantitative estimate of drug-likeness (QED) is 0.0317. The van der Waals surface area contributed by atoms with Gasteiger partial charge in [-0.15, -0.1) is 0 Å². The minimum absolute atomic E-state index is 0.247. The number of hydrogen-bond donors (Lipinski definition) is 12. The molecule has 17 unspecified atom stereocenters. The number of hydrogen-bond acceptors (Lipinski definition) is 18. The molecule has 0 radical (unpaired) electrons. The lowest BCUT2D eigenvalue weighted by atomic mass is 9.96. The third-order valence-corrected chi connectivity index (χ3v) is 12.8. The summed E-state index contributed by atoms with van der Waals surface area (Å²) in [5.41, 5.74) is 0. The number of rotatable bonds is 34. The van der Waals surface area contributed by atoms with Gasteiger partial charge in [-0.3, -0.25) is 4.79 Å². The summed E-state index contributed by atoms with van der Waals surface area (Å²) < 4.78 is 34.0. The van der Waals surface area contributed by atoms with Crippen molar-refractivity contribution >= 4 is 5.91 Å². The summed E-state index contributed by atoms with van der Waals surface area (Å²) in [5.74, 6) is -0.282. The van der Waals surface area contributed by atoms with E-state index in [4.69, 9.17) is 28.4 Å². The Morgan fingerprint density at radius 2 is 0.939 bits per heavy atom. The van der Waals surface area contributed by atoms with E-state index in [2.05, 4.69) is 19.2 Å². The highest BCUT2D eigenvalue weighted by Gasteiger charge is 2.53. The van der Waals surface area contributed by atoms with Crippen LogP contribution in [0.5, 0.6) is 0 Å². The maximum absolute atomic E-state index is 13.1. The van der Waals surface area contributed by atoms with Crippen molar-refractivity contribution in [2.24, 2.45) is 0 Å². The van der Waals surface area contributed by atoms with Crippen molar-refractivity contribution in [2.45, 2.75) is 253 Å². The van der Waals surface area contributed by atoms with Crippen LogP contribution in [-0.2, 0) is 33.2 Å². The number of aliphatic hydroxyl groups is 11. The van der Waals surface area contributed by atoms with Crippen LogP contribution in [0.1, 0.15) is 149 Å². The van der Waals surface area contributed by atoms with Crippen molar-refractivity contribution in [2.75, 3.05) is 26.4 Å². The molecule has 0 aromatic heterocycles.